The van der Waals surface area contributed by atoms with Crippen molar-refractivity contribution in [1.29, 1.82) is 0 Å². The van der Waals surface area contributed by atoms with Gasteiger partial charge in [-0.05, 0) is 41.0 Å². The van der Waals surface area contributed by atoms with E-state index in [0.717, 1.165) is 22.4 Å². The van der Waals surface area contributed by atoms with E-state index in [0.29, 0.717) is 11.1 Å². The van der Waals surface area contributed by atoms with Gasteiger partial charge in [-0.15, -0.1) is 0 Å². The Morgan fingerprint density at radius 2 is 1.68 bits per heavy atom. The molecule has 154 valence electrons. The van der Waals surface area contributed by atoms with Gasteiger partial charge in [-0.3, -0.25) is 0 Å². The van der Waals surface area contributed by atoms with Crippen molar-refractivity contribution in [1.82, 2.24) is 0 Å². The summed E-state index contributed by atoms with van der Waals surface area (Å²) >= 11 is 0. The second kappa shape index (κ2) is 7.16. The van der Waals surface area contributed by atoms with Crippen LogP contribution < -0.4 is 9.64 Å². The first kappa shape index (κ1) is 19.2. The van der Waals surface area contributed by atoms with Crippen molar-refractivity contribution < 1.29 is 22.7 Å². The van der Waals surface area contributed by atoms with E-state index in [-0.39, 0.29) is 5.75 Å². The highest BCUT2D eigenvalue weighted by atomic mass is 19.4. The van der Waals surface area contributed by atoms with Crippen molar-refractivity contribution in [2.75, 3.05) is 4.90 Å². The fourth-order valence-corrected chi connectivity index (χ4v) is 4.13. The molecule has 31 heavy (non-hydrogen) atoms. The van der Waals surface area contributed by atoms with Crippen LogP contribution >= 0.6 is 0 Å². The molecule has 1 unspecified atom stereocenters. The number of halogens is 3. The summed E-state index contributed by atoms with van der Waals surface area (Å²) in [6, 6.07) is 21.9. The van der Waals surface area contributed by atoms with E-state index in [4.69, 9.17) is 4.74 Å². The summed E-state index contributed by atoms with van der Waals surface area (Å²) in [7, 11) is 0. The minimum atomic E-state index is -5.08. The van der Waals surface area contributed by atoms with Gasteiger partial charge in [-0.1, -0.05) is 60.7 Å². The predicted octanol–water partition coefficient (Wildman–Crippen LogP) is 6.24. The molecule has 2 aliphatic heterocycles. The van der Waals surface area contributed by atoms with Gasteiger partial charge in [0.05, 0.1) is 6.04 Å². The van der Waals surface area contributed by atoms with Gasteiger partial charge in [0, 0.05) is 23.0 Å². The molecule has 0 saturated heterocycles. The van der Waals surface area contributed by atoms with Crippen molar-refractivity contribution in [3.05, 3.63) is 101 Å². The fraction of sp³-hybridized carbons (Fsp3) is 0.0800. The lowest BCUT2D eigenvalue weighted by Crippen LogP contribution is -2.29. The Kier molecular flexibility index (Phi) is 4.43. The Bertz CT molecular complexity index is 1230. The number of rotatable bonds is 2. The lowest BCUT2D eigenvalue weighted by molar-refractivity contribution is -0.189. The van der Waals surface area contributed by atoms with Crippen molar-refractivity contribution >= 4 is 29.4 Å². The van der Waals surface area contributed by atoms with Gasteiger partial charge in [-0.25, -0.2) is 4.79 Å². The Labute approximate surface area is 176 Å². The van der Waals surface area contributed by atoms with Gasteiger partial charge >= 0.3 is 12.1 Å². The summed E-state index contributed by atoms with van der Waals surface area (Å²) in [5.74, 6) is -2.32. The molecule has 2 aliphatic rings. The van der Waals surface area contributed by atoms with E-state index in [1.165, 1.54) is 6.07 Å². The first-order chi connectivity index (χ1) is 14.9. The summed E-state index contributed by atoms with van der Waals surface area (Å²) in [5, 5.41) is 0. The number of nitrogens with zero attached hydrogens (tertiary/aromatic N) is 1. The highest BCUT2D eigenvalue weighted by Gasteiger charge is 2.43. The van der Waals surface area contributed by atoms with Crippen LogP contribution in [0.4, 0.5) is 18.9 Å². The second-order valence-electron chi connectivity index (χ2n) is 7.30. The molecule has 0 aliphatic carbocycles. The average molecular weight is 419 g/mol. The summed E-state index contributed by atoms with van der Waals surface area (Å²) in [4.78, 5) is 13.6. The lowest BCUT2D eigenvalue weighted by atomic mass is 9.89. The zero-order valence-corrected chi connectivity index (χ0v) is 16.1. The van der Waals surface area contributed by atoms with Crippen molar-refractivity contribution in [3.8, 4) is 5.75 Å². The van der Waals surface area contributed by atoms with E-state index < -0.39 is 18.2 Å². The highest BCUT2D eigenvalue weighted by molar-refractivity contribution is 5.99. The molecular formula is C25H16F3NO2. The quantitative estimate of drug-likeness (QED) is 0.364. The molecule has 0 spiro atoms. The zero-order chi connectivity index (χ0) is 21.6. The van der Waals surface area contributed by atoms with Crippen LogP contribution in [0.5, 0.6) is 5.75 Å². The van der Waals surface area contributed by atoms with E-state index in [1.54, 1.807) is 12.1 Å². The topological polar surface area (TPSA) is 29.5 Å². The maximum Gasteiger partial charge on any atom is 0.491 e. The smallest absolute Gasteiger partial charge is 0.419 e. The maximum atomic E-state index is 12.9. The molecule has 3 nitrogen and oxygen atoms in total. The second-order valence-corrected chi connectivity index (χ2v) is 7.30. The Morgan fingerprint density at radius 3 is 2.45 bits per heavy atom. The van der Waals surface area contributed by atoms with Gasteiger partial charge in [0.15, 0.2) is 0 Å². The summed E-state index contributed by atoms with van der Waals surface area (Å²) in [5.41, 5.74) is 5.04. The first-order valence-electron chi connectivity index (χ1n) is 9.68. The van der Waals surface area contributed by atoms with Crippen LogP contribution in [-0.2, 0) is 4.79 Å². The van der Waals surface area contributed by atoms with Crippen molar-refractivity contribution in [2.24, 2.45) is 0 Å². The summed E-state index contributed by atoms with van der Waals surface area (Å²) in [6.07, 6.45) is 0.676. The third-order valence-corrected chi connectivity index (χ3v) is 5.41. The third-order valence-electron chi connectivity index (χ3n) is 5.41. The number of hydrogen-bond acceptors (Lipinski definition) is 3. The number of alkyl halides is 3. The molecule has 2 heterocycles. The molecule has 3 aromatic rings. The normalized spacial score (nSPS) is 17.8. The molecular weight excluding hydrogens is 403 g/mol. The van der Waals surface area contributed by atoms with Gasteiger partial charge in [0.2, 0.25) is 0 Å². The standard InChI is InChI=1S/C25H16F3NO2/c26-25(27,28)24(30)31-21-12-6-9-17-13-14-29-20-11-5-4-10-18(20)19(23(29)22(17)21)15-16-7-2-1-3-8-16/h1-15,23H. The van der Waals surface area contributed by atoms with E-state index in [1.807, 2.05) is 77.8 Å². The molecule has 1 atom stereocenters. The van der Waals surface area contributed by atoms with E-state index >= 15 is 0 Å². The highest BCUT2D eigenvalue weighted by Crippen LogP contribution is 2.54. The van der Waals surface area contributed by atoms with Crippen LogP contribution in [-0.4, -0.2) is 12.1 Å². The SMILES string of the molecule is O=C(Oc1cccc2c1C1C(=Cc3ccccc3)c3ccccc3N1C=C2)C(F)(F)F. The van der Waals surface area contributed by atoms with Crippen LogP contribution in [0.1, 0.15) is 28.3 Å². The number of carbonyl (C=O) groups excluding carboxylic acids is 1. The Morgan fingerprint density at radius 1 is 0.935 bits per heavy atom. The monoisotopic (exact) mass is 419 g/mol. The fourth-order valence-electron chi connectivity index (χ4n) is 4.13. The first-order valence-corrected chi connectivity index (χ1v) is 9.68. The number of para-hydroxylation sites is 1. The number of fused-ring (bicyclic) bond motifs is 5. The molecule has 0 saturated carbocycles. The molecule has 3 aromatic carbocycles. The van der Waals surface area contributed by atoms with E-state index in [9.17, 15) is 18.0 Å². The van der Waals surface area contributed by atoms with Gasteiger partial charge in [-0.2, -0.15) is 13.2 Å². The van der Waals surface area contributed by atoms with E-state index in [2.05, 4.69) is 0 Å². The largest absolute Gasteiger partial charge is 0.491 e. The van der Waals surface area contributed by atoms with Crippen LogP contribution in [0.2, 0.25) is 0 Å². The molecule has 5 rings (SSSR count). The van der Waals surface area contributed by atoms with Crippen LogP contribution in [0.25, 0.3) is 17.7 Å². The number of benzene rings is 3. The van der Waals surface area contributed by atoms with Crippen LogP contribution in [0.15, 0.2) is 79.0 Å². The average Bonchev–Trinajstić information content (AvgIpc) is 3.08. The third kappa shape index (κ3) is 3.30. The molecule has 0 N–H and O–H groups in total. The molecule has 0 fully saturated rings. The predicted molar refractivity (Wildman–Crippen MR) is 113 cm³/mol. The van der Waals surface area contributed by atoms with Gasteiger partial charge in [0.1, 0.15) is 5.75 Å². The minimum Gasteiger partial charge on any atom is -0.419 e. The number of anilines is 1. The molecule has 0 radical (unpaired) electrons. The molecule has 6 heteroatoms. The maximum absolute atomic E-state index is 12.9. The number of esters is 1. The summed E-state index contributed by atoms with van der Waals surface area (Å²) < 4.78 is 43.5. The molecule has 0 amide bonds. The Hall–Kier alpha value is -3.80. The number of hydrogen-bond donors (Lipinski definition) is 0. The van der Waals surface area contributed by atoms with Gasteiger partial charge in [0.25, 0.3) is 0 Å². The number of ether oxygens (including phenoxy) is 1. The zero-order valence-electron chi connectivity index (χ0n) is 16.1. The Balaban J connectivity index is 1.69. The van der Waals surface area contributed by atoms with Crippen LogP contribution in [0.3, 0.4) is 0 Å². The van der Waals surface area contributed by atoms with Gasteiger partial charge < -0.3 is 9.64 Å². The van der Waals surface area contributed by atoms with Crippen molar-refractivity contribution in [2.45, 2.75) is 12.2 Å². The minimum absolute atomic E-state index is 0.0917. The lowest BCUT2D eigenvalue weighted by Gasteiger charge is -2.31. The number of carbonyl (C=O) groups is 1. The molecule has 0 aromatic heterocycles. The molecule has 0 bridgehead atoms. The van der Waals surface area contributed by atoms with Crippen LogP contribution in [0, 0.1) is 0 Å². The summed E-state index contributed by atoms with van der Waals surface area (Å²) in [6.45, 7) is 0. The van der Waals surface area contributed by atoms with Crippen molar-refractivity contribution in [3.63, 3.8) is 0 Å².